The van der Waals surface area contributed by atoms with E-state index >= 15 is 0 Å². The average Bonchev–Trinajstić information content (AvgIpc) is 2.40. The quantitative estimate of drug-likeness (QED) is 0.867. The molecule has 1 saturated heterocycles. The van der Waals surface area contributed by atoms with Crippen LogP contribution in [0.15, 0.2) is 24.3 Å². The van der Waals surface area contributed by atoms with Crippen molar-refractivity contribution in [2.75, 3.05) is 20.3 Å². The molecule has 18 heavy (non-hydrogen) atoms. The Kier molecular flexibility index (Phi) is 4.99. The predicted octanol–water partition coefficient (Wildman–Crippen LogP) is 1.75. The van der Waals surface area contributed by atoms with E-state index in [0.29, 0.717) is 26.2 Å². The molecule has 1 heterocycles. The first-order valence-corrected chi connectivity index (χ1v) is 6.28. The van der Waals surface area contributed by atoms with Crippen LogP contribution in [0, 0.1) is 0 Å². The van der Waals surface area contributed by atoms with Gasteiger partial charge in [0.05, 0.1) is 32.5 Å². The zero-order valence-electron chi connectivity index (χ0n) is 10.7. The largest absolute Gasteiger partial charge is 0.497 e. The molecule has 1 aromatic carbocycles. The molecular weight excluding hydrogens is 232 g/mol. The fourth-order valence-electron chi connectivity index (χ4n) is 2.01. The minimum absolute atomic E-state index is 0.0204. The Bertz CT molecular complexity index is 349. The molecule has 0 aromatic heterocycles. The van der Waals surface area contributed by atoms with E-state index in [0.717, 1.165) is 17.7 Å². The highest BCUT2D eigenvalue weighted by atomic mass is 16.5. The van der Waals surface area contributed by atoms with Crippen LogP contribution in [-0.4, -0.2) is 37.6 Å². The Balaban J connectivity index is 1.70. The molecule has 0 aliphatic carbocycles. The van der Waals surface area contributed by atoms with E-state index < -0.39 is 0 Å². The number of rotatable bonds is 5. The summed E-state index contributed by atoms with van der Waals surface area (Å²) >= 11 is 0. The number of methoxy groups -OCH3 is 1. The highest BCUT2D eigenvalue weighted by Gasteiger charge is 2.20. The predicted molar refractivity (Wildman–Crippen MR) is 67.6 cm³/mol. The monoisotopic (exact) mass is 252 g/mol. The van der Waals surface area contributed by atoms with E-state index in [-0.39, 0.29) is 12.2 Å². The molecule has 1 fully saturated rings. The zero-order chi connectivity index (χ0) is 12.8. The number of hydrogen-bond acceptors (Lipinski definition) is 4. The van der Waals surface area contributed by atoms with Gasteiger partial charge in [0.25, 0.3) is 0 Å². The number of aliphatic hydroxyl groups excluding tert-OH is 1. The molecule has 1 aliphatic heterocycles. The maximum Gasteiger partial charge on any atom is 0.118 e. The lowest BCUT2D eigenvalue weighted by Crippen LogP contribution is -2.32. The molecule has 100 valence electrons. The van der Waals surface area contributed by atoms with Gasteiger partial charge in [-0.05, 0) is 24.1 Å². The van der Waals surface area contributed by atoms with E-state index in [2.05, 4.69) is 0 Å². The van der Waals surface area contributed by atoms with Crippen molar-refractivity contribution >= 4 is 0 Å². The van der Waals surface area contributed by atoms with Crippen LogP contribution in [0.25, 0.3) is 0 Å². The normalized spacial score (nSPS) is 23.9. The molecule has 0 unspecified atom stereocenters. The lowest BCUT2D eigenvalue weighted by Gasteiger charge is -2.26. The van der Waals surface area contributed by atoms with Gasteiger partial charge in [0.1, 0.15) is 5.75 Å². The van der Waals surface area contributed by atoms with Gasteiger partial charge in [-0.3, -0.25) is 0 Å². The topological polar surface area (TPSA) is 47.9 Å². The second-order valence-electron chi connectivity index (χ2n) is 4.53. The number of aliphatic hydroxyl groups is 1. The molecule has 2 rings (SSSR count). The maximum atomic E-state index is 9.50. The summed E-state index contributed by atoms with van der Waals surface area (Å²) < 4.78 is 16.2. The third kappa shape index (κ3) is 3.98. The van der Waals surface area contributed by atoms with E-state index in [9.17, 15) is 5.11 Å². The highest BCUT2D eigenvalue weighted by molar-refractivity contribution is 5.26. The van der Waals surface area contributed by atoms with Crippen LogP contribution in [0.1, 0.15) is 18.4 Å². The van der Waals surface area contributed by atoms with Crippen LogP contribution in [0.3, 0.4) is 0 Å². The van der Waals surface area contributed by atoms with Gasteiger partial charge in [0, 0.05) is 13.0 Å². The van der Waals surface area contributed by atoms with Gasteiger partial charge in [-0.25, -0.2) is 0 Å². The van der Waals surface area contributed by atoms with Crippen molar-refractivity contribution in [2.45, 2.75) is 31.7 Å². The lowest BCUT2D eigenvalue weighted by atomic mass is 10.1. The summed E-state index contributed by atoms with van der Waals surface area (Å²) in [4.78, 5) is 0. The van der Waals surface area contributed by atoms with Crippen molar-refractivity contribution in [1.82, 2.24) is 0 Å². The minimum atomic E-state index is -0.242. The third-order valence-electron chi connectivity index (χ3n) is 3.07. The summed E-state index contributed by atoms with van der Waals surface area (Å²) in [5.74, 6) is 0.845. The summed E-state index contributed by atoms with van der Waals surface area (Å²) in [6, 6.07) is 7.80. The Morgan fingerprint density at radius 3 is 2.78 bits per heavy atom. The highest BCUT2D eigenvalue weighted by Crippen LogP contribution is 2.15. The first-order valence-electron chi connectivity index (χ1n) is 6.28. The van der Waals surface area contributed by atoms with Gasteiger partial charge >= 0.3 is 0 Å². The summed E-state index contributed by atoms with van der Waals surface area (Å²) in [5, 5.41) is 9.50. The summed E-state index contributed by atoms with van der Waals surface area (Å²) in [6.07, 6.45) is 1.18. The number of hydrogen-bond donors (Lipinski definition) is 1. The molecule has 2 atom stereocenters. The van der Waals surface area contributed by atoms with Crippen LogP contribution in [0.4, 0.5) is 0 Å². The van der Waals surface area contributed by atoms with Crippen molar-refractivity contribution < 1.29 is 19.3 Å². The average molecular weight is 252 g/mol. The Morgan fingerprint density at radius 2 is 2.11 bits per heavy atom. The van der Waals surface area contributed by atoms with Gasteiger partial charge in [-0.15, -0.1) is 0 Å². The molecule has 0 radical (unpaired) electrons. The van der Waals surface area contributed by atoms with Crippen molar-refractivity contribution in [3.05, 3.63) is 29.8 Å². The van der Waals surface area contributed by atoms with Crippen molar-refractivity contribution in [1.29, 1.82) is 0 Å². The van der Waals surface area contributed by atoms with Crippen molar-refractivity contribution in [2.24, 2.45) is 0 Å². The molecule has 4 heteroatoms. The molecule has 0 bridgehead atoms. The summed E-state index contributed by atoms with van der Waals surface area (Å²) in [7, 11) is 1.65. The molecule has 4 nitrogen and oxygen atoms in total. The zero-order valence-corrected chi connectivity index (χ0v) is 10.7. The van der Waals surface area contributed by atoms with Gasteiger partial charge in [0.2, 0.25) is 0 Å². The fourth-order valence-corrected chi connectivity index (χ4v) is 2.01. The summed E-state index contributed by atoms with van der Waals surface area (Å²) in [5.41, 5.74) is 1.10. The van der Waals surface area contributed by atoms with Crippen LogP contribution in [-0.2, 0) is 16.1 Å². The van der Waals surface area contributed by atoms with E-state index in [1.807, 2.05) is 24.3 Å². The first-order chi connectivity index (χ1) is 8.78. The Hall–Kier alpha value is -1.10. The van der Waals surface area contributed by atoms with E-state index in [4.69, 9.17) is 14.2 Å². The molecule has 1 aromatic rings. The van der Waals surface area contributed by atoms with E-state index in [1.54, 1.807) is 7.11 Å². The van der Waals surface area contributed by atoms with Gasteiger partial charge in [-0.1, -0.05) is 12.1 Å². The van der Waals surface area contributed by atoms with Crippen LogP contribution in [0.2, 0.25) is 0 Å². The molecule has 0 saturated carbocycles. The van der Waals surface area contributed by atoms with Crippen molar-refractivity contribution in [3.8, 4) is 5.75 Å². The fraction of sp³-hybridized carbons (Fsp3) is 0.571. The second kappa shape index (κ2) is 6.73. The minimum Gasteiger partial charge on any atom is -0.497 e. The third-order valence-corrected chi connectivity index (χ3v) is 3.07. The van der Waals surface area contributed by atoms with Gasteiger partial charge < -0.3 is 19.3 Å². The van der Waals surface area contributed by atoms with Crippen molar-refractivity contribution in [3.63, 3.8) is 0 Å². The SMILES string of the molecule is COc1ccc(COC[C@@H]2C[C@H](O)CCO2)cc1. The smallest absolute Gasteiger partial charge is 0.118 e. The Morgan fingerprint density at radius 1 is 1.33 bits per heavy atom. The molecule has 0 spiro atoms. The lowest BCUT2D eigenvalue weighted by molar-refractivity contribution is -0.0811. The maximum absolute atomic E-state index is 9.50. The molecule has 1 aliphatic rings. The van der Waals surface area contributed by atoms with Gasteiger partial charge in [-0.2, -0.15) is 0 Å². The molecule has 1 N–H and O–H groups in total. The molecular formula is C14H20O4. The molecule has 0 amide bonds. The van der Waals surface area contributed by atoms with Crippen LogP contribution >= 0.6 is 0 Å². The first kappa shape index (κ1) is 13.3. The summed E-state index contributed by atoms with van der Waals surface area (Å²) in [6.45, 7) is 1.71. The number of benzene rings is 1. The van der Waals surface area contributed by atoms with Crippen LogP contribution < -0.4 is 4.74 Å². The Labute approximate surface area is 107 Å². The van der Waals surface area contributed by atoms with Gasteiger partial charge in [0.15, 0.2) is 0 Å². The number of ether oxygens (including phenoxy) is 3. The van der Waals surface area contributed by atoms with E-state index in [1.165, 1.54) is 0 Å². The van der Waals surface area contributed by atoms with Crippen LogP contribution in [0.5, 0.6) is 5.75 Å². The second-order valence-corrected chi connectivity index (χ2v) is 4.53. The standard InChI is InChI=1S/C14H20O4/c1-16-13-4-2-11(3-5-13)9-17-10-14-8-12(15)6-7-18-14/h2-5,12,14-15H,6-10H2,1H3/t12-,14+/m1/s1.